The standard InChI is InChI=1S/C18H15NO2S/c1-22-11-2-3-15-12-4-6-16-14(5-7-18(20)19-16)13(12)8-9-21-17(15)10-11/h2-7,10H,8-9H2,1H3,(H,19,20). The second-order valence-electron chi connectivity index (χ2n) is 5.34. The maximum absolute atomic E-state index is 11.5. The van der Waals surface area contributed by atoms with Gasteiger partial charge in [0.05, 0.1) is 6.61 Å². The van der Waals surface area contributed by atoms with Gasteiger partial charge in [-0.3, -0.25) is 4.79 Å². The van der Waals surface area contributed by atoms with E-state index in [0.29, 0.717) is 6.61 Å². The third-order valence-corrected chi connectivity index (χ3v) is 4.83. The molecule has 4 heteroatoms. The number of ether oxygens (including phenoxy) is 1. The Bertz CT molecular complexity index is 930. The summed E-state index contributed by atoms with van der Waals surface area (Å²) in [7, 11) is 0. The number of H-pyrrole nitrogens is 1. The highest BCUT2D eigenvalue weighted by atomic mass is 32.2. The number of hydrogen-bond donors (Lipinski definition) is 1. The van der Waals surface area contributed by atoms with Gasteiger partial charge in [0.25, 0.3) is 0 Å². The lowest BCUT2D eigenvalue weighted by atomic mass is 9.94. The number of aromatic amines is 1. The monoisotopic (exact) mass is 309 g/mol. The second kappa shape index (κ2) is 5.21. The molecule has 0 aliphatic carbocycles. The topological polar surface area (TPSA) is 42.1 Å². The molecule has 2 heterocycles. The first-order chi connectivity index (χ1) is 10.8. The Morgan fingerprint density at radius 1 is 1.09 bits per heavy atom. The average molecular weight is 309 g/mol. The van der Waals surface area contributed by atoms with Gasteiger partial charge in [0.1, 0.15) is 5.75 Å². The van der Waals surface area contributed by atoms with E-state index in [2.05, 4.69) is 35.5 Å². The lowest BCUT2D eigenvalue weighted by molar-refractivity contribution is 0.326. The first-order valence-electron chi connectivity index (χ1n) is 7.22. The molecule has 0 saturated heterocycles. The fraction of sp³-hybridized carbons (Fsp3) is 0.167. The van der Waals surface area contributed by atoms with E-state index < -0.39 is 0 Å². The van der Waals surface area contributed by atoms with Gasteiger partial charge < -0.3 is 9.72 Å². The van der Waals surface area contributed by atoms with Crippen molar-refractivity contribution in [2.75, 3.05) is 12.9 Å². The fourth-order valence-electron chi connectivity index (χ4n) is 3.05. The number of rotatable bonds is 1. The zero-order chi connectivity index (χ0) is 15.1. The highest BCUT2D eigenvalue weighted by molar-refractivity contribution is 7.98. The minimum atomic E-state index is -0.0673. The largest absolute Gasteiger partial charge is 0.493 e. The van der Waals surface area contributed by atoms with Crippen LogP contribution in [0.15, 0.2) is 52.2 Å². The van der Waals surface area contributed by atoms with Crippen LogP contribution in [0.4, 0.5) is 0 Å². The molecule has 2 aromatic carbocycles. The van der Waals surface area contributed by atoms with Gasteiger partial charge in [0, 0.05) is 33.8 Å². The van der Waals surface area contributed by atoms with Crippen LogP contribution >= 0.6 is 11.8 Å². The molecule has 1 N–H and O–H groups in total. The van der Waals surface area contributed by atoms with E-state index in [1.165, 1.54) is 16.0 Å². The van der Waals surface area contributed by atoms with Crippen molar-refractivity contribution in [2.45, 2.75) is 11.3 Å². The van der Waals surface area contributed by atoms with Gasteiger partial charge >= 0.3 is 0 Å². The molecule has 1 aliphatic rings. The Hall–Kier alpha value is -2.20. The van der Waals surface area contributed by atoms with Gasteiger partial charge in [-0.15, -0.1) is 11.8 Å². The molecule has 0 fully saturated rings. The number of aromatic nitrogens is 1. The minimum Gasteiger partial charge on any atom is -0.493 e. The third kappa shape index (κ3) is 2.11. The third-order valence-electron chi connectivity index (χ3n) is 4.10. The normalized spacial score (nSPS) is 13.1. The van der Waals surface area contributed by atoms with Crippen LogP contribution < -0.4 is 10.3 Å². The Balaban J connectivity index is 2.00. The molecule has 0 amide bonds. The minimum absolute atomic E-state index is 0.0673. The molecule has 0 spiro atoms. The van der Waals surface area contributed by atoms with E-state index in [1.54, 1.807) is 17.8 Å². The van der Waals surface area contributed by atoms with E-state index in [0.717, 1.165) is 28.6 Å². The quantitative estimate of drug-likeness (QED) is 0.694. The van der Waals surface area contributed by atoms with E-state index >= 15 is 0 Å². The van der Waals surface area contributed by atoms with Crippen LogP contribution in [0.25, 0.3) is 22.0 Å². The number of hydrogen-bond acceptors (Lipinski definition) is 3. The molecule has 4 rings (SSSR count). The number of pyridine rings is 1. The van der Waals surface area contributed by atoms with Gasteiger partial charge in [-0.25, -0.2) is 0 Å². The summed E-state index contributed by atoms with van der Waals surface area (Å²) in [5.41, 5.74) is 4.38. The smallest absolute Gasteiger partial charge is 0.248 e. The van der Waals surface area contributed by atoms with Gasteiger partial charge in [-0.2, -0.15) is 0 Å². The molecule has 1 aromatic heterocycles. The van der Waals surface area contributed by atoms with Crippen molar-refractivity contribution < 1.29 is 4.74 Å². The molecule has 0 unspecified atom stereocenters. The van der Waals surface area contributed by atoms with Crippen molar-refractivity contribution >= 4 is 22.7 Å². The lowest BCUT2D eigenvalue weighted by Gasteiger charge is -2.11. The Morgan fingerprint density at radius 3 is 2.82 bits per heavy atom. The van der Waals surface area contributed by atoms with Crippen LogP contribution in [0, 0.1) is 0 Å². The van der Waals surface area contributed by atoms with Crippen LogP contribution in [-0.4, -0.2) is 17.8 Å². The van der Waals surface area contributed by atoms with Gasteiger partial charge in [0.2, 0.25) is 5.56 Å². The summed E-state index contributed by atoms with van der Waals surface area (Å²) in [6.45, 7) is 0.649. The van der Waals surface area contributed by atoms with Crippen LogP contribution in [0.5, 0.6) is 5.75 Å². The first-order valence-corrected chi connectivity index (χ1v) is 8.45. The van der Waals surface area contributed by atoms with Crippen LogP contribution in [0.2, 0.25) is 0 Å². The molecule has 0 radical (unpaired) electrons. The SMILES string of the molecule is CSc1ccc2c(c1)OCCc1c-2ccc2[nH]c(=O)ccc12. The predicted octanol–water partition coefficient (Wildman–Crippen LogP) is 3.85. The predicted molar refractivity (Wildman–Crippen MR) is 91.0 cm³/mol. The lowest BCUT2D eigenvalue weighted by Crippen LogP contribution is -2.04. The summed E-state index contributed by atoms with van der Waals surface area (Å²) in [5.74, 6) is 0.939. The summed E-state index contributed by atoms with van der Waals surface area (Å²) in [6.07, 6.45) is 2.90. The maximum atomic E-state index is 11.5. The summed E-state index contributed by atoms with van der Waals surface area (Å²) in [5, 5.41) is 1.10. The van der Waals surface area contributed by atoms with E-state index in [-0.39, 0.29) is 5.56 Å². The molecule has 0 saturated carbocycles. The van der Waals surface area contributed by atoms with E-state index in [4.69, 9.17) is 4.74 Å². The number of thioether (sulfide) groups is 1. The molecular weight excluding hydrogens is 294 g/mol. The van der Waals surface area contributed by atoms with Crippen LogP contribution in [-0.2, 0) is 6.42 Å². The van der Waals surface area contributed by atoms with Crippen molar-refractivity contribution in [3.05, 3.63) is 58.4 Å². The molecular formula is C18H15NO2S. The molecule has 3 nitrogen and oxygen atoms in total. The van der Waals surface area contributed by atoms with Gasteiger partial charge in [-0.05, 0) is 47.7 Å². The fourth-order valence-corrected chi connectivity index (χ4v) is 3.48. The Morgan fingerprint density at radius 2 is 1.95 bits per heavy atom. The highest BCUT2D eigenvalue weighted by Crippen LogP contribution is 2.39. The van der Waals surface area contributed by atoms with Gasteiger partial charge in [0.15, 0.2) is 0 Å². The van der Waals surface area contributed by atoms with Crippen molar-refractivity contribution in [1.82, 2.24) is 4.98 Å². The molecule has 110 valence electrons. The molecule has 1 aliphatic heterocycles. The summed E-state index contributed by atoms with van der Waals surface area (Å²) in [4.78, 5) is 15.6. The van der Waals surface area contributed by atoms with Crippen LogP contribution in [0.1, 0.15) is 5.56 Å². The average Bonchev–Trinajstić information content (AvgIpc) is 2.73. The maximum Gasteiger partial charge on any atom is 0.248 e. The second-order valence-corrected chi connectivity index (χ2v) is 6.22. The van der Waals surface area contributed by atoms with Crippen molar-refractivity contribution in [3.63, 3.8) is 0 Å². The molecule has 0 atom stereocenters. The summed E-state index contributed by atoms with van der Waals surface area (Å²) in [6, 6.07) is 13.9. The zero-order valence-corrected chi connectivity index (χ0v) is 13.0. The molecule has 0 bridgehead atoms. The molecule has 3 aromatic rings. The zero-order valence-electron chi connectivity index (χ0n) is 12.2. The highest BCUT2D eigenvalue weighted by Gasteiger charge is 2.18. The number of nitrogens with one attached hydrogen (secondary N) is 1. The Labute approximate surface area is 132 Å². The van der Waals surface area contributed by atoms with Crippen molar-refractivity contribution in [1.29, 1.82) is 0 Å². The van der Waals surface area contributed by atoms with Crippen molar-refractivity contribution in [3.8, 4) is 16.9 Å². The number of fused-ring (bicyclic) bond motifs is 5. The Kier molecular flexibility index (Phi) is 3.19. The van der Waals surface area contributed by atoms with Gasteiger partial charge in [-0.1, -0.05) is 6.07 Å². The number of benzene rings is 2. The first kappa shape index (κ1) is 13.5. The van der Waals surface area contributed by atoms with Crippen LogP contribution in [0.3, 0.4) is 0 Å². The van der Waals surface area contributed by atoms with E-state index in [9.17, 15) is 4.79 Å². The van der Waals surface area contributed by atoms with E-state index in [1.807, 2.05) is 12.1 Å². The summed E-state index contributed by atoms with van der Waals surface area (Å²) < 4.78 is 5.96. The summed E-state index contributed by atoms with van der Waals surface area (Å²) >= 11 is 1.71. The molecule has 22 heavy (non-hydrogen) atoms. The van der Waals surface area contributed by atoms with Crippen molar-refractivity contribution in [2.24, 2.45) is 0 Å².